The van der Waals surface area contributed by atoms with Crippen LogP contribution in [0.2, 0.25) is 19.6 Å². The van der Waals surface area contributed by atoms with Crippen molar-refractivity contribution in [2.24, 2.45) is 5.92 Å². The zero-order chi connectivity index (χ0) is 13.8. The summed E-state index contributed by atoms with van der Waals surface area (Å²) in [7, 11) is -1.31. The first-order chi connectivity index (χ1) is 8.30. The zero-order valence-corrected chi connectivity index (χ0v) is 12.8. The minimum absolute atomic E-state index is 0.340. The summed E-state index contributed by atoms with van der Waals surface area (Å²) in [5, 5.41) is 1.32. The van der Waals surface area contributed by atoms with Gasteiger partial charge in [-0.15, -0.1) is 0 Å². The Balaban J connectivity index is 2.60. The van der Waals surface area contributed by atoms with E-state index in [1.54, 1.807) is 12.1 Å². The van der Waals surface area contributed by atoms with Crippen LogP contribution in [0.25, 0.3) is 0 Å². The Morgan fingerprint density at radius 2 is 1.72 bits per heavy atom. The molecule has 1 rings (SSSR count). The first-order valence-corrected chi connectivity index (χ1v) is 9.75. The predicted octanol–water partition coefficient (Wildman–Crippen LogP) is 2.98. The maximum absolute atomic E-state index is 11.7. The van der Waals surface area contributed by atoms with E-state index in [0.29, 0.717) is 18.1 Å². The second kappa shape index (κ2) is 6.16. The number of carbonyl (C=O) groups excluding carboxylic acids is 1. The molecular weight excluding hydrogens is 244 g/mol. The largest absolute Gasteiger partial charge is 0.373 e. The lowest BCUT2D eigenvalue weighted by Crippen LogP contribution is -2.37. The van der Waals surface area contributed by atoms with Crippen molar-refractivity contribution >= 4 is 19.2 Å². The molecule has 0 N–H and O–H groups in total. The van der Waals surface area contributed by atoms with Crippen molar-refractivity contribution in [3.8, 4) is 0 Å². The van der Waals surface area contributed by atoms with E-state index in [2.05, 4.69) is 19.6 Å². The number of rotatable bonds is 5. The Labute approximate surface area is 110 Å². The molecule has 100 valence electrons. The monoisotopic (exact) mass is 266 g/mol. The third-order valence-electron chi connectivity index (χ3n) is 2.52. The van der Waals surface area contributed by atoms with Crippen LogP contribution >= 0.6 is 0 Å². The maximum atomic E-state index is 11.7. The van der Waals surface area contributed by atoms with Gasteiger partial charge in [0.05, 0.1) is 20.2 Å². The van der Waals surface area contributed by atoms with Gasteiger partial charge in [0.15, 0.2) is 0 Å². The van der Waals surface area contributed by atoms with Gasteiger partial charge in [-0.05, 0) is 18.1 Å². The minimum atomic E-state index is -1.31. The minimum Gasteiger partial charge on any atom is -0.293 e. The van der Waals surface area contributed by atoms with Gasteiger partial charge >= 0.3 is 5.97 Å². The Bertz CT molecular complexity index is 390. The molecule has 0 aliphatic heterocycles. The molecule has 0 amide bonds. The lowest BCUT2D eigenvalue weighted by Gasteiger charge is -2.16. The second-order valence-electron chi connectivity index (χ2n) is 5.88. The fourth-order valence-corrected chi connectivity index (χ4v) is 2.54. The van der Waals surface area contributed by atoms with Crippen molar-refractivity contribution in [3.05, 3.63) is 29.8 Å². The maximum Gasteiger partial charge on any atom is 0.373 e. The smallest absolute Gasteiger partial charge is 0.293 e. The molecule has 18 heavy (non-hydrogen) atoms. The third-order valence-corrected chi connectivity index (χ3v) is 4.59. The second-order valence-corrected chi connectivity index (χ2v) is 11.0. The van der Waals surface area contributed by atoms with Crippen LogP contribution in [0.3, 0.4) is 0 Å². The first kappa shape index (κ1) is 14.9. The normalized spacial score (nSPS) is 11.7. The van der Waals surface area contributed by atoms with Gasteiger partial charge in [-0.2, -0.15) is 4.89 Å². The topological polar surface area (TPSA) is 35.5 Å². The van der Waals surface area contributed by atoms with Crippen LogP contribution in [-0.4, -0.2) is 20.7 Å². The molecule has 4 heteroatoms. The molecule has 1 aromatic rings. The van der Waals surface area contributed by atoms with Crippen molar-refractivity contribution in [3.63, 3.8) is 0 Å². The summed E-state index contributed by atoms with van der Waals surface area (Å²) < 4.78 is 0. The number of hydrogen-bond acceptors (Lipinski definition) is 3. The van der Waals surface area contributed by atoms with E-state index in [0.717, 1.165) is 0 Å². The van der Waals surface area contributed by atoms with Crippen molar-refractivity contribution in [2.45, 2.75) is 33.5 Å². The molecule has 0 fully saturated rings. The molecule has 0 aliphatic carbocycles. The highest BCUT2D eigenvalue weighted by atomic mass is 28.3. The summed E-state index contributed by atoms with van der Waals surface area (Å²) in [5.74, 6) is -0.0927. The van der Waals surface area contributed by atoms with E-state index in [4.69, 9.17) is 9.78 Å². The van der Waals surface area contributed by atoms with E-state index in [1.165, 1.54) is 5.19 Å². The van der Waals surface area contributed by atoms with Gasteiger partial charge in [-0.25, -0.2) is 4.79 Å². The summed E-state index contributed by atoms with van der Waals surface area (Å²) in [4.78, 5) is 21.3. The van der Waals surface area contributed by atoms with Crippen LogP contribution in [0.15, 0.2) is 24.3 Å². The molecule has 0 bridgehead atoms. The van der Waals surface area contributed by atoms with Gasteiger partial charge in [0.2, 0.25) is 0 Å². The molecule has 0 atom stereocenters. The first-order valence-electron chi connectivity index (χ1n) is 6.25. The summed E-state index contributed by atoms with van der Waals surface area (Å²) in [6, 6.07) is 7.61. The predicted molar refractivity (Wildman–Crippen MR) is 75.6 cm³/mol. The Morgan fingerprint density at radius 3 is 2.17 bits per heavy atom. The highest BCUT2D eigenvalue weighted by molar-refractivity contribution is 6.88. The van der Waals surface area contributed by atoms with E-state index >= 15 is 0 Å². The number of carbonyl (C=O) groups is 1. The highest BCUT2D eigenvalue weighted by Crippen LogP contribution is 2.06. The summed E-state index contributed by atoms with van der Waals surface area (Å²) in [6.07, 6.45) is 0. The van der Waals surface area contributed by atoms with E-state index in [-0.39, 0.29) is 0 Å². The van der Waals surface area contributed by atoms with E-state index in [9.17, 15) is 4.79 Å². The van der Waals surface area contributed by atoms with E-state index < -0.39 is 14.0 Å². The molecular formula is C14H22O3Si. The van der Waals surface area contributed by atoms with Crippen LogP contribution in [-0.2, 0) is 9.78 Å². The van der Waals surface area contributed by atoms with Crippen LogP contribution < -0.4 is 5.19 Å². The van der Waals surface area contributed by atoms with Gasteiger partial charge in [0.1, 0.15) is 0 Å². The molecule has 1 aromatic carbocycles. The van der Waals surface area contributed by atoms with Crippen molar-refractivity contribution in [2.75, 3.05) is 6.61 Å². The highest BCUT2D eigenvalue weighted by Gasteiger charge is 2.17. The summed E-state index contributed by atoms with van der Waals surface area (Å²) >= 11 is 0. The fourth-order valence-electron chi connectivity index (χ4n) is 1.38. The Kier molecular flexibility index (Phi) is 5.11. The van der Waals surface area contributed by atoms with Gasteiger partial charge in [0.25, 0.3) is 0 Å². The van der Waals surface area contributed by atoms with Crippen LogP contribution in [0.4, 0.5) is 0 Å². The molecule has 0 saturated carbocycles. The van der Waals surface area contributed by atoms with Crippen molar-refractivity contribution < 1.29 is 14.6 Å². The van der Waals surface area contributed by atoms with Crippen LogP contribution in [0, 0.1) is 5.92 Å². The van der Waals surface area contributed by atoms with E-state index in [1.807, 2.05) is 26.0 Å². The zero-order valence-electron chi connectivity index (χ0n) is 11.8. The molecule has 0 spiro atoms. The average Bonchev–Trinajstić information content (AvgIpc) is 2.27. The molecule has 0 unspecified atom stereocenters. The van der Waals surface area contributed by atoms with Gasteiger partial charge in [-0.3, -0.25) is 4.89 Å². The van der Waals surface area contributed by atoms with Crippen molar-refractivity contribution in [1.82, 2.24) is 0 Å². The lowest BCUT2D eigenvalue weighted by molar-refractivity contribution is -0.246. The van der Waals surface area contributed by atoms with Gasteiger partial charge in [-0.1, -0.05) is 50.8 Å². The molecule has 0 aliphatic rings. The SMILES string of the molecule is CC(C)COOC(=O)c1ccc([Si](C)(C)C)cc1. The van der Waals surface area contributed by atoms with Crippen LogP contribution in [0.1, 0.15) is 24.2 Å². The van der Waals surface area contributed by atoms with Crippen molar-refractivity contribution in [1.29, 1.82) is 0 Å². The molecule has 0 heterocycles. The number of hydrogen-bond donors (Lipinski definition) is 0. The standard InChI is InChI=1S/C14H22O3Si/c1-11(2)10-16-17-14(15)12-6-8-13(9-7-12)18(3,4)5/h6-9,11H,10H2,1-5H3. The summed E-state index contributed by atoms with van der Waals surface area (Å²) in [6.45, 7) is 11.2. The van der Waals surface area contributed by atoms with Crippen LogP contribution in [0.5, 0.6) is 0 Å². The molecule has 0 radical (unpaired) electrons. The number of benzene rings is 1. The molecule has 0 aromatic heterocycles. The summed E-state index contributed by atoms with van der Waals surface area (Å²) in [5.41, 5.74) is 0.528. The average molecular weight is 266 g/mol. The van der Waals surface area contributed by atoms with Gasteiger partial charge in [0, 0.05) is 0 Å². The Morgan fingerprint density at radius 1 is 1.17 bits per heavy atom. The third kappa shape index (κ3) is 4.62. The quantitative estimate of drug-likeness (QED) is 0.467. The Hall–Kier alpha value is -1.13. The fraction of sp³-hybridized carbons (Fsp3) is 0.500. The lowest BCUT2D eigenvalue weighted by atomic mass is 10.2. The molecule has 3 nitrogen and oxygen atoms in total. The van der Waals surface area contributed by atoms with Gasteiger partial charge < -0.3 is 0 Å². The molecule has 0 saturated heterocycles.